The van der Waals surface area contributed by atoms with Crippen LogP contribution in [0.25, 0.3) is 0 Å². The van der Waals surface area contributed by atoms with Crippen molar-refractivity contribution in [2.75, 3.05) is 27.1 Å². The van der Waals surface area contributed by atoms with E-state index in [-0.39, 0.29) is 4.90 Å². The Hall–Kier alpha value is -3.15. The third-order valence-corrected chi connectivity index (χ3v) is 7.24. The van der Waals surface area contributed by atoms with E-state index in [1.165, 1.54) is 42.7 Å². The van der Waals surface area contributed by atoms with Gasteiger partial charge in [-0.3, -0.25) is 18.8 Å². The smallest absolute Gasteiger partial charge is 0.261 e. The first kappa shape index (κ1) is 24.5. The Kier molecular flexibility index (Phi) is 7.25. The molecule has 12 heteroatoms. The predicted molar refractivity (Wildman–Crippen MR) is 128 cm³/mol. The van der Waals surface area contributed by atoms with Crippen LogP contribution in [0.3, 0.4) is 0 Å². The molecular formula is C21H21ClN4O5S2. The quantitative estimate of drug-likeness (QED) is 0.481. The van der Waals surface area contributed by atoms with Crippen LogP contribution < -0.4 is 14.3 Å². The van der Waals surface area contributed by atoms with Gasteiger partial charge in [-0.25, -0.2) is 16.8 Å². The molecule has 0 aliphatic carbocycles. The summed E-state index contributed by atoms with van der Waals surface area (Å²) in [6.07, 6.45) is 3.90. The second-order valence-corrected chi connectivity index (χ2v) is 11.1. The molecule has 33 heavy (non-hydrogen) atoms. The number of aromatic nitrogens is 1. The number of benzene rings is 2. The van der Waals surface area contributed by atoms with Crippen LogP contribution in [0, 0.1) is 6.92 Å². The molecule has 1 heterocycles. The number of pyridine rings is 1. The minimum Gasteiger partial charge on any atom is -0.325 e. The highest BCUT2D eigenvalue weighted by Crippen LogP contribution is 2.25. The largest absolute Gasteiger partial charge is 0.325 e. The number of anilines is 3. The molecule has 0 aliphatic heterocycles. The zero-order valence-corrected chi connectivity index (χ0v) is 20.1. The zero-order chi connectivity index (χ0) is 24.2. The molecule has 174 valence electrons. The van der Waals surface area contributed by atoms with E-state index in [4.69, 9.17) is 11.6 Å². The maximum Gasteiger partial charge on any atom is 0.261 e. The van der Waals surface area contributed by atoms with Gasteiger partial charge in [-0.15, -0.1) is 0 Å². The minimum absolute atomic E-state index is 0.0149. The number of amides is 1. The molecule has 1 aromatic heterocycles. The van der Waals surface area contributed by atoms with E-state index in [1.807, 2.05) is 0 Å². The minimum atomic E-state index is -3.84. The first-order valence-corrected chi connectivity index (χ1v) is 13.2. The number of hydrogen-bond donors (Lipinski definition) is 2. The van der Waals surface area contributed by atoms with Crippen LogP contribution in [0.4, 0.5) is 17.1 Å². The van der Waals surface area contributed by atoms with Crippen molar-refractivity contribution in [2.45, 2.75) is 11.8 Å². The Morgan fingerprint density at radius 2 is 1.73 bits per heavy atom. The number of carbonyl (C=O) groups excluding carboxylic acids is 1. The molecule has 0 spiro atoms. The fraction of sp³-hybridized carbons (Fsp3) is 0.143. The summed E-state index contributed by atoms with van der Waals surface area (Å²) in [5.74, 6) is -0.598. The van der Waals surface area contributed by atoms with E-state index in [0.29, 0.717) is 27.6 Å². The summed E-state index contributed by atoms with van der Waals surface area (Å²) in [6, 6.07) is 13.3. The Morgan fingerprint density at radius 3 is 2.30 bits per heavy atom. The van der Waals surface area contributed by atoms with Gasteiger partial charge in [0.25, 0.3) is 10.0 Å². The molecule has 0 radical (unpaired) electrons. The van der Waals surface area contributed by atoms with Crippen LogP contribution in [0.15, 0.2) is 71.9 Å². The van der Waals surface area contributed by atoms with Crippen LogP contribution in [-0.2, 0) is 24.8 Å². The molecule has 0 aliphatic rings. The molecule has 0 saturated heterocycles. The monoisotopic (exact) mass is 508 g/mol. The van der Waals surface area contributed by atoms with Crippen molar-refractivity contribution in [3.8, 4) is 0 Å². The maximum absolute atomic E-state index is 12.6. The van der Waals surface area contributed by atoms with Crippen LogP contribution in [0.5, 0.6) is 0 Å². The van der Waals surface area contributed by atoms with Gasteiger partial charge in [0.15, 0.2) is 0 Å². The fourth-order valence-corrected chi connectivity index (χ4v) is 5.15. The predicted octanol–water partition coefficient (Wildman–Crippen LogP) is 3.25. The van der Waals surface area contributed by atoms with E-state index in [9.17, 15) is 21.6 Å². The summed E-state index contributed by atoms with van der Waals surface area (Å²) in [6.45, 7) is 1.22. The van der Waals surface area contributed by atoms with Gasteiger partial charge in [0.2, 0.25) is 15.9 Å². The van der Waals surface area contributed by atoms with Crippen molar-refractivity contribution in [3.05, 3.63) is 77.6 Å². The lowest BCUT2D eigenvalue weighted by atomic mass is 10.2. The molecule has 0 atom stereocenters. The summed E-state index contributed by atoms with van der Waals surface area (Å²) < 4.78 is 53.0. The molecule has 0 bridgehead atoms. The van der Waals surface area contributed by atoms with Crippen molar-refractivity contribution >= 4 is 54.6 Å². The molecule has 2 N–H and O–H groups in total. The molecule has 0 saturated carbocycles. The first-order valence-electron chi connectivity index (χ1n) is 9.52. The number of rotatable bonds is 8. The van der Waals surface area contributed by atoms with Crippen molar-refractivity contribution in [1.29, 1.82) is 0 Å². The number of hydrogen-bond acceptors (Lipinski definition) is 6. The number of nitrogens with zero attached hydrogens (tertiary/aromatic N) is 2. The maximum atomic E-state index is 12.6. The lowest BCUT2D eigenvalue weighted by Crippen LogP contribution is -2.37. The van der Waals surface area contributed by atoms with Gasteiger partial charge in [0.1, 0.15) is 6.54 Å². The van der Waals surface area contributed by atoms with Gasteiger partial charge in [-0.05, 0) is 67.1 Å². The summed E-state index contributed by atoms with van der Waals surface area (Å²) in [7, 11) is -7.60. The SMILES string of the molecule is Cc1cc(Cl)ccc1N(CC(=O)Nc1ccc(S(=O)(=O)Nc2cccnc2)cc1)S(C)(=O)=O. The highest BCUT2D eigenvalue weighted by molar-refractivity contribution is 7.92. The molecule has 3 rings (SSSR count). The molecule has 1 amide bonds. The van der Waals surface area contributed by atoms with Crippen LogP contribution in [0.2, 0.25) is 5.02 Å². The Bertz CT molecular complexity index is 1360. The Labute approximate surface area is 197 Å². The summed E-state index contributed by atoms with van der Waals surface area (Å²) in [5.41, 5.74) is 1.55. The number of aryl methyl sites for hydroxylation is 1. The van der Waals surface area contributed by atoms with E-state index in [2.05, 4.69) is 15.0 Å². The van der Waals surface area contributed by atoms with E-state index in [0.717, 1.165) is 10.6 Å². The van der Waals surface area contributed by atoms with Gasteiger partial charge in [0.05, 0.1) is 28.7 Å². The molecule has 2 aromatic carbocycles. The van der Waals surface area contributed by atoms with E-state index >= 15 is 0 Å². The van der Waals surface area contributed by atoms with Crippen LogP contribution in [-0.4, -0.2) is 40.5 Å². The normalized spacial score (nSPS) is 11.6. The van der Waals surface area contributed by atoms with Crippen LogP contribution >= 0.6 is 11.6 Å². The van der Waals surface area contributed by atoms with Gasteiger partial charge in [-0.2, -0.15) is 0 Å². The van der Waals surface area contributed by atoms with E-state index in [1.54, 1.807) is 31.2 Å². The molecule has 0 fully saturated rings. The van der Waals surface area contributed by atoms with Gasteiger partial charge < -0.3 is 5.32 Å². The second-order valence-electron chi connectivity index (χ2n) is 7.12. The number of carbonyl (C=O) groups is 1. The zero-order valence-electron chi connectivity index (χ0n) is 17.7. The summed E-state index contributed by atoms with van der Waals surface area (Å²) in [4.78, 5) is 16.4. The van der Waals surface area contributed by atoms with Crippen molar-refractivity contribution in [3.63, 3.8) is 0 Å². The lowest BCUT2D eigenvalue weighted by Gasteiger charge is -2.23. The molecule has 3 aromatic rings. The average molecular weight is 509 g/mol. The van der Waals surface area contributed by atoms with Crippen molar-refractivity contribution in [1.82, 2.24) is 4.98 Å². The van der Waals surface area contributed by atoms with Gasteiger partial charge >= 0.3 is 0 Å². The molecular weight excluding hydrogens is 488 g/mol. The van der Waals surface area contributed by atoms with Crippen molar-refractivity contribution < 1.29 is 21.6 Å². The van der Waals surface area contributed by atoms with Crippen LogP contribution in [0.1, 0.15) is 5.56 Å². The Morgan fingerprint density at radius 1 is 1.03 bits per heavy atom. The Balaban J connectivity index is 1.73. The number of sulfonamides is 2. The van der Waals surface area contributed by atoms with Gasteiger partial charge in [0, 0.05) is 16.9 Å². The van der Waals surface area contributed by atoms with E-state index < -0.39 is 32.5 Å². The third kappa shape index (κ3) is 6.44. The lowest BCUT2D eigenvalue weighted by molar-refractivity contribution is -0.114. The van der Waals surface area contributed by atoms with Gasteiger partial charge in [-0.1, -0.05) is 11.6 Å². The third-order valence-electron chi connectivity index (χ3n) is 4.48. The average Bonchev–Trinajstić information content (AvgIpc) is 2.72. The highest BCUT2D eigenvalue weighted by Gasteiger charge is 2.23. The standard InChI is InChI=1S/C21H21ClN4O5S2/c1-15-12-16(22)5-10-20(15)26(32(2,28)29)14-21(27)24-17-6-8-19(9-7-17)33(30,31)25-18-4-3-11-23-13-18/h3-13,25H,14H2,1-2H3,(H,24,27). The first-order chi connectivity index (χ1) is 15.5. The number of nitrogens with one attached hydrogen (secondary N) is 2. The fourth-order valence-electron chi connectivity index (χ4n) is 2.97. The molecule has 0 unspecified atom stereocenters. The second kappa shape index (κ2) is 9.77. The van der Waals surface area contributed by atoms with Crippen molar-refractivity contribution in [2.24, 2.45) is 0 Å². The highest BCUT2D eigenvalue weighted by atomic mass is 35.5. The molecule has 9 nitrogen and oxygen atoms in total. The number of halogens is 1. The summed E-state index contributed by atoms with van der Waals surface area (Å²) in [5, 5.41) is 3.02. The topological polar surface area (TPSA) is 126 Å². The summed E-state index contributed by atoms with van der Waals surface area (Å²) >= 11 is 5.94.